The molecule has 0 aromatic heterocycles. The molecule has 0 rings (SSSR count). The quantitative estimate of drug-likeness (QED) is 0.209. The van der Waals surface area contributed by atoms with Crippen LogP contribution in [-0.4, -0.2) is 36.4 Å². The maximum Gasteiger partial charge on any atom is 0.305 e. The smallest absolute Gasteiger partial charge is 0.305 e. The molecule has 0 aliphatic rings. The van der Waals surface area contributed by atoms with Gasteiger partial charge in [-0.2, -0.15) is 0 Å². The van der Waals surface area contributed by atoms with Gasteiger partial charge in [-0.15, -0.1) is 0 Å². The van der Waals surface area contributed by atoms with E-state index in [-0.39, 0.29) is 19.2 Å². The lowest BCUT2D eigenvalue weighted by Crippen LogP contribution is -2.24. The van der Waals surface area contributed by atoms with Crippen LogP contribution in [0.25, 0.3) is 0 Å². The van der Waals surface area contributed by atoms with E-state index in [1.807, 2.05) is 0 Å². The molecule has 0 spiro atoms. The molecule has 0 aliphatic carbocycles. The number of aliphatic hydroxyl groups excluding tert-OH is 1. The molecule has 0 amide bonds. The molecule has 0 aliphatic heterocycles. The Morgan fingerprint density at radius 3 is 1.50 bits per heavy atom. The van der Waals surface area contributed by atoms with E-state index in [0.717, 1.165) is 12.8 Å². The van der Waals surface area contributed by atoms with Crippen molar-refractivity contribution in [2.24, 2.45) is 0 Å². The zero-order chi connectivity index (χ0) is 20.9. The van der Waals surface area contributed by atoms with Crippen molar-refractivity contribution in [3.8, 4) is 0 Å². The Labute approximate surface area is 172 Å². The highest BCUT2D eigenvalue weighted by Gasteiger charge is 2.10. The summed E-state index contributed by atoms with van der Waals surface area (Å²) in [4.78, 5) is 22.2. The van der Waals surface area contributed by atoms with Gasteiger partial charge in [-0.3, -0.25) is 9.59 Å². The van der Waals surface area contributed by atoms with Gasteiger partial charge < -0.3 is 14.6 Å². The van der Waals surface area contributed by atoms with Crippen LogP contribution in [0.5, 0.6) is 0 Å². The summed E-state index contributed by atoms with van der Waals surface area (Å²) in [7, 11) is 0. The maximum absolute atomic E-state index is 11.6. The predicted molar refractivity (Wildman–Crippen MR) is 113 cm³/mol. The topological polar surface area (TPSA) is 72.8 Å². The lowest BCUT2D eigenvalue weighted by atomic mass is 10.0. The van der Waals surface area contributed by atoms with Crippen LogP contribution < -0.4 is 0 Å². The highest BCUT2D eigenvalue weighted by atomic mass is 16.6. The number of unbranched alkanes of at least 4 members (excludes halogenated alkanes) is 14. The van der Waals surface area contributed by atoms with Crippen molar-refractivity contribution in [3.05, 3.63) is 0 Å². The first-order valence-electron chi connectivity index (χ1n) is 11.5. The fraction of sp³-hybridized carbons (Fsp3) is 0.913. The standard InChI is InChI=1S/C23H44O5/c1-3-4-5-6-7-8-9-10-11-12-13-14-15-16-17-18-23(26)28-20-22(25)19-27-21(2)24/h22,25H,3-20H2,1-2H3. The number of carbonyl (C=O) groups excluding carboxylic acids is 2. The van der Waals surface area contributed by atoms with Crippen LogP contribution in [0.3, 0.4) is 0 Å². The molecule has 0 heterocycles. The average Bonchev–Trinajstić information content (AvgIpc) is 2.67. The summed E-state index contributed by atoms with van der Waals surface area (Å²) < 4.78 is 9.62. The van der Waals surface area contributed by atoms with Gasteiger partial charge in [0.15, 0.2) is 0 Å². The van der Waals surface area contributed by atoms with Gasteiger partial charge in [-0.25, -0.2) is 0 Å². The van der Waals surface area contributed by atoms with Crippen LogP contribution >= 0.6 is 0 Å². The lowest BCUT2D eigenvalue weighted by Gasteiger charge is -2.11. The zero-order valence-corrected chi connectivity index (χ0v) is 18.4. The largest absolute Gasteiger partial charge is 0.463 e. The summed E-state index contributed by atoms with van der Waals surface area (Å²) >= 11 is 0. The van der Waals surface area contributed by atoms with Crippen LogP contribution in [0.1, 0.15) is 117 Å². The number of esters is 2. The van der Waals surface area contributed by atoms with E-state index in [0.29, 0.717) is 6.42 Å². The zero-order valence-electron chi connectivity index (χ0n) is 18.4. The molecule has 5 nitrogen and oxygen atoms in total. The van der Waals surface area contributed by atoms with Crippen molar-refractivity contribution >= 4 is 11.9 Å². The van der Waals surface area contributed by atoms with E-state index in [4.69, 9.17) is 4.74 Å². The first-order valence-corrected chi connectivity index (χ1v) is 11.5. The van der Waals surface area contributed by atoms with Gasteiger partial charge in [-0.05, 0) is 6.42 Å². The van der Waals surface area contributed by atoms with Gasteiger partial charge in [0.25, 0.3) is 0 Å². The summed E-state index contributed by atoms with van der Waals surface area (Å²) in [6, 6.07) is 0. The Balaban J connectivity index is 3.24. The number of hydrogen-bond acceptors (Lipinski definition) is 5. The van der Waals surface area contributed by atoms with Gasteiger partial charge in [0.2, 0.25) is 0 Å². The minimum Gasteiger partial charge on any atom is -0.463 e. The SMILES string of the molecule is CCCCCCCCCCCCCCCCCC(=O)OCC(O)COC(C)=O. The van der Waals surface area contributed by atoms with E-state index in [1.165, 1.54) is 90.4 Å². The average molecular weight is 401 g/mol. The second-order valence-corrected chi connectivity index (χ2v) is 7.84. The summed E-state index contributed by atoms with van der Waals surface area (Å²) in [5.74, 6) is -0.750. The van der Waals surface area contributed by atoms with Crippen LogP contribution in [0.2, 0.25) is 0 Å². The monoisotopic (exact) mass is 400 g/mol. The number of hydrogen-bond donors (Lipinski definition) is 1. The van der Waals surface area contributed by atoms with Crippen molar-refractivity contribution in [2.75, 3.05) is 13.2 Å². The second kappa shape index (κ2) is 20.6. The molecule has 1 N–H and O–H groups in total. The minimum atomic E-state index is -0.950. The second-order valence-electron chi connectivity index (χ2n) is 7.84. The fourth-order valence-corrected chi connectivity index (χ4v) is 3.16. The number of aliphatic hydroxyl groups is 1. The van der Waals surface area contributed by atoms with Gasteiger partial charge in [0.1, 0.15) is 19.3 Å². The fourth-order valence-electron chi connectivity index (χ4n) is 3.16. The normalized spacial score (nSPS) is 12.0. The number of ether oxygens (including phenoxy) is 2. The van der Waals surface area contributed by atoms with Crippen molar-refractivity contribution in [1.82, 2.24) is 0 Å². The molecule has 1 unspecified atom stereocenters. The molecule has 0 fully saturated rings. The lowest BCUT2D eigenvalue weighted by molar-refractivity contribution is -0.151. The van der Waals surface area contributed by atoms with E-state index < -0.39 is 12.1 Å². The van der Waals surface area contributed by atoms with Gasteiger partial charge in [0.05, 0.1) is 0 Å². The third-order valence-electron chi connectivity index (χ3n) is 4.90. The van der Waals surface area contributed by atoms with Gasteiger partial charge >= 0.3 is 11.9 Å². The van der Waals surface area contributed by atoms with E-state index in [2.05, 4.69) is 11.7 Å². The van der Waals surface area contributed by atoms with Gasteiger partial charge in [0, 0.05) is 13.3 Å². The molecule has 166 valence electrons. The summed E-state index contributed by atoms with van der Waals surface area (Å²) in [6.45, 7) is 3.28. The van der Waals surface area contributed by atoms with Crippen molar-refractivity contribution in [3.63, 3.8) is 0 Å². The minimum absolute atomic E-state index is 0.120. The molecular weight excluding hydrogens is 356 g/mol. The Bertz CT molecular complexity index is 370. The number of carbonyl (C=O) groups is 2. The van der Waals surface area contributed by atoms with E-state index in [9.17, 15) is 14.7 Å². The molecule has 1 atom stereocenters. The molecular formula is C23H44O5. The molecule has 5 heteroatoms. The molecule has 0 saturated carbocycles. The molecule has 0 bridgehead atoms. The summed E-state index contributed by atoms with van der Waals surface area (Å²) in [5.41, 5.74) is 0. The maximum atomic E-state index is 11.6. The third-order valence-corrected chi connectivity index (χ3v) is 4.90. The molecule has 0 aromatic carbocycles. The molecule has 0 aromatic rings. The highest BCUT2D eigenvalue weighted by Crippen LogP contribution is 2.13. The van der Waals surface area contributed by atoms with E-state index in [1.54, 1.807) is 0 Å². The number of rotatable bonds is 20. The van der Waals surface area contributed by atoms with Crippen LogP contribution in [0.15, 0.2) is 0 Å². The van der Waals surface area contributed by atoms with E-state index >= 15 is 0 Å². The Morgan fingerprint density at radius 1 is 0.679 bits per heavy atom. The van der Waals surface area contributed by atoms with Gasteiger partial charge in [-0.1, -0.05) is 96.8 Å². The summed E-state index contributed by atoms with van der Waals surface area (Å²) in [6.07, 6.45) is 18.8. The third kappa shape index (κ3) is 21.2. The van der Waals surface area contributed by atoms with Crippen molar-refractivity contribution in [1.29, 1.82) is 0 Å². The van der Waals surface area contributed by atoms with Crippen molar-refractivity contribution < 1.29 is 24.2 Å². The Morgan fingerprint density at radius 2 is 1.07 bits per heavy atom. The Kier molecular flexibility index (Phi) is 19.8. The first kappa shape index (κ1) is 26.9. The predicted octanol–water partition coefficient (Wildman–Crippen LogP) is 5.72. The molecule has 0 radical (unpaired) electrons. The Hall–Kier alpha value is -1.10. The van der Waals surface area contributed by atoms with Crippen LogP contribution in [0, 0.1) is 0 Å². The summed E-state index contributed by atoms with van der Waals surface area (Å²) in [5, 5.41) is 9.50. The van der Waals surface area contributed by atoms with Crippen LogP contribution in [0.4, 0.5) is 0 Å². The first-order chi connectivity index (χ1) is 13.6. The molecule has 0 saturated heterocycles. The highest BCUT2D eigenvalue weighted by molar-refractivity contribution is 5.69. The van der Waals surface area contributed by atoms with Crippen LogP contribution in [-0.2, 0) is 19.1 Å². The molecule has 28 heavy (non-hydrogen) atoms. The van der Waals surface area contributed by atoms with Crippen molar-refractivity contribution in [2.45, 2.75) is 123 Å².